The lowest BCUT2D eigenvalue weighted by Crippen LogP contribution is -2.49. The van der Waals surface area contributed by atoms with Gasteiger partial charge in [-0.05, 0) is 65.1 Å². The van der Waals surface area contributed by atoms with Crippen LogP contribution in [0.15, 0.2) is 43.0 Å². The average Bonchev–Trinajstić information content (AvgIpc) is 2.85. The van der Waals surface area contributed by atoms with Crippen molar-refractivity contribution in [2.45, 2.75) is 70.7 Å². The maximum Gasteiger partial charge on any atom is 0.416 e. The first-order valence-electron chi connectivity index (χ1n) is 13.0. The molecule has 0 amide bonds. The molecule has 1 heterocycles. The third kappa shape index (κ3) is 6.73. The number of nitrogens with one attached hydrogen (secondary N) is 1. The zero-order chi connectivity index (χ0) is 26.6. The molecule has 4 rings (SSSR count). The predicted molar refractivity (Wildman–Crippen MR) is 136 cm³/mol. The third-order valence-electron chi connectivity index (χ3n) is 7.54. The van der Waals surface area contributed by atoms with E-state index in [1.165, 1.54) is 6.07 Å². The minimum atomic E-state index is -4.40. The predicted octanol–water partition coefficient (Wildman–Crippen LogP) is 6.52. The lowest BCUT2D eigenvalue weighted by atomic mass is 9.81. The van der Waals surface area contributed by atoms with Gasteiger partial charge < -0.3 is 5.11 Å². The summed E-state index contributed by atoms with van der Waals surface area (Å²) in [4.78, 5) is 18.7. The lowest BCUT2D eigenvalue weighted by Gasteiger charge is -2.37. The van der Waals surface area contributed by atoms with Gasteiger partial charge in [-0.1, -0.05) is 57.0 Å². The minimum absolute atomic E-state index is 0.0224. The van der Waals surface area contributed by atoms with Crippen molar-refractivity contribution in [2.75, 3.05) is 13.1 Å². The van der Waals surface area contributed by atoms with Crippen LogP contribution in [0.25, 0.3) is 5.70 Å². The summed E-state index contributed by atoms with van der Waals surface area (Å²) in [5.74, 6) is -1.07. The molecule has 0 bridgehead atoms. The molecule has 2 fully saturated rings. The highest BCUT2D eigenvalue weighted by Gasteiger charge is 2.36. The Morgan fingerprint density at radius 1 is 1.11 bits per heavy atom. The molecule has 0 aromatic heterocycles. The van der Waals surface area contributed by atoms with E-state index < -0.39 is 17.7 Å². The number of carboxylic acids is 1. The van der Waals surface area contributed by atoms with Crippen molar-refractivity contribution in [3.8, 4) is 0 Å². The number of hydrogen-bond donors (Lipinski definition) is 2. The summed E-state index contributed by atoms with van der Waals surface area (Å²) >= 11 is 0. The molecule has 8 heteroatoms. The van der Waals surface area contributed by atoms with Crippen LogP contribution in [-0.4, -0.2) is 29.1 Å². The van der Waals surface area contributed by atoms with Crippen LogP contribution in [-0.2, 0) is 35.4 Å². The van der Waals surface area contributed by atoms with E-state index in [-0.39, 0.29) is 18.4 Å². The van der Waals surface area contributed by atoms with Crippen LogP contribution < -0.4 is 5.48 Å². The van der Waals surface area contributed by atoms with Crippen molar-refractivity contribution in [2.24, 2.45) is 5.92 Å². The van der Waals surface area contributed by atoms with E-state index in [1.807, 2.05) is 18.2 Å². The number of carboxylic acid groups (broad SMARTS) is 1. The summed E-state index contributed by atoms with van der Waals surface area (Å²) < 4.78 is 41.5. The van der Waals surface area contributed by atoms with Gasteiger partial charge in [-0.2, -0.15) is 13.2 Å². The van der Waals surface area contributed by atoms with E-state index >= 15 is 0 Å². The number of alkyl halides is 3. The van der Waals surface area contributed by atoms with Gasteiger partial charge in [-0.25, -0.2) is 0 Å². The van der Waals surface area contributed by atoms with Gasteiger partial charge in [0, 0.05) is 19.6 Å². The van der Waals surface area contributed by atoms with Crippen LogP contribution >= 0.6 is 0 Å². The Balaban J connectivity index is 1.35. The fourth-order valence-electron chi connectivity index (χ4n) is 5.37. The van der Waals surface area contributed by atoms with Gasteiger partial charge in [0.15, 0.2) is 0 Å². The first kappa shape index (κ1) is 27.2. The molecule has 0 radical (unpaired) electrons. The Kier molecular flexibility index (Phi) is 8.60. The van der Waals surface area contributed by atoms with Gasteiger partial charge in [-0.3, -0.25) is 20.0 Å². The van der Waals surface area contributed by atoms with Crippen molar-refractivity contribution in [3.63, 3.8) is 0 Å². The molecule has 2 aromatic carbocycles. The molecule has 0 spiro atoms. The van der Waals surface area contributed by atoms with E-state index in [9.17, 15) is 18.0 Å². The molecule has 2 aromatic rings. The molecule has 0 unspecified atom stereocenters. The fraction of sp³-hybridized carbons (Fsp3) is 0.483. The number of benzene rings is 2. The quantitative estimate of drug-likeness (QED) is 0.352. The molecular formula is C29H35F3N2O3. The van der Waals surface area contributed by atoms with Gasteiger partial charge in [-0.15, -0.1) is 0 Å². The van der Waals surface area contributed by atoms with Crippen LogP contribution in [0.1, 0.15) is 78.3 Å². The SMILES string of the molecule is C=C(NOCc1ccc(C2CCCCC2)c(C(F)(F)F)c1)c1ccc(CN2CC(C(=O)O)C2)c(CC)c1. The maximum absolute atomic E-state index is 13.8. The van der Waals surface area contributed by atoms with Crippen LogP contribution in [0.2, 0.25) is 0 Å². The molecule has 1 saturated heterocycles. The second kappa shape index (κ2) is 11.7. The summed E-state index contributed by atoms with van der Waals surface area (Å²) in [6.45, 7) is 7.86. The fourth-order valence-corrected chi connectivity index (χ4v) is 5.37. The Morgan fingerprint density at radius 2 is 1.84 bits per heavy atom. The zero-order valence-electron chi connectivity index (χ0n) is 21.2. The summed E-state index contributed by atoms with van der Waals surface area (Å²) in [5, 5.41) is 9.07. The van der Waals surface area contributed by atoms with E-state index in [0.717, 1.165) is 55.2 Å². The Morgan fingerprint density at radius 3 is 2.49 bits per heavy atom. The number of carbonyl (C=O) groups is 1. The molecule has 1 aliphatic heterocycles. The Hall–Kier alpha value is -2.84. The molecular weight excluding hydrogens is 481 g/mol. The largest absolute Gasteiger partial charge is 0.481 e. The first-order chi connectivity index (χ1) is 17.7. The lowest BCUT2D eigenvalue weighted by molar-refractivity contribution is -0.147. The molecule has 0 atom stereocenters. The van der Waals surface area contributed by atoms with Crippen LogP contribution in [0.3, 0.4) is 0 Å². The molecule has 37 heavy (non-hydrogen) atoms. The van der Waals surface area contributed by atoms with Crippen LogP contribution in [0.4, 0.5) is 13.2 Å². The van der Waals surface area contributed by atoms with Gasteiger partial charge in [0.2, 0.25) is 0 Å². The zero-order valence-corrected chi connectivity index (χ0v) is 21.2. The number of aryl methyl sites for hydroxylation is 1. The normalized spacial score (nSPS) is 17.4. The summed E-state index contributed by atoms with van der Waals surface area (Å²) in [6.07, 6.45) is 1.06. The minimum Gasteiger partial charge on any atom is -0.481 e. The summed E-state index contributed by atoms with van der Waals surface area (Å²) in [5.41, 5.74) is 6.70. The molecule has 5 nitrogen and oxygen atoms in total. The molecule has 1 saturated carbocycles. The number of aliphatic carboxylic acids is 1. The van der Waals surface area contributed by atoms with E-state index in [2.05, 4.69) is 23.9 Å². The maximum atomic E-state index is 13.8. The van der Waals surface area contributed by atoms with Crippen molar-refractivity contribution in [1.29, 1.82) is 0 Å². The Labute approximate surface area is 216 Å². The third-order valence-corrected chi connectivity index (χ3v) is 7.54. The topological polar surface area (TPSA) is 61.8 Å². The second-order valence-electron chi connectivity index (χ2n) is 10.2. The number of halogens is 3. The van der Waals surface area contributed by atoms with Gasteiger partial charge in [0.25, 0.3) is 0 Å². The second-order valence-corrected chi connectivity index (χ2v) is 10.2. The van der Waals surface area contributed by atoms with E-state index in [4.69, 9.17) is 9.94 Å². The molecule has 2 aliphatic rings. The first-order valence-corrected chi connectivity index (χ1v) is 13.0. The molecule has 1 aliphatic carbocycles. The van der Waals surface area contributed by atoms with Crippen LogP contribution in [0.5, 0.6) is 0 Å². The number of nitrogens with zero attached hydrogens (tertiary/aromatic N) is 1. The van der Waals surface area contributed by atoms with Crippen LogP contribution in [0, 0.1) is 5.92 Å². The highest BCUT2D eigenvalue weighted by atomic mass is 19.4. The van der Waals surface area contributed by atoms with Crippen molar-refractivity contribution >= 4 is 11.7 Å². The monoisotopic (exact) mass is 516 g/mol. The van der Waals surface area contributed by atoms with E-state index in [0.29, 0.717) is 36.5 Å². The highest BCUT2D eigenvalue weighted by molar-refractivity contribution is 5.71. The van der Waals surface area contributed by atoms with Crippen molar-refractivity contribution < 1.29 is 27.9 Å². The highest BCUT2D eigenvalue weighted by Crippen LogP contribution is 2.41. The molecule has 200 valence electrons. The van der Waals surface area contributed by atoms with E-state index in [1.54, 1.807) is 12.1 Å². The van der Waals surface area contributed by atoms with Gasteiger partial charge >= 0.3 is 12.1 Å². The number of hydroxylamine groups is 1. The number of likely N-dealkylation sites (tertiary alicyclic amines) is 1. The standard InChI is InChI=1S/C29H35F3N2O3/c1-3-21-14-23(10-11-24(21)15-34-16-25(17-34)28(35)36)19(2)33-37-18-20-9-12-26(22-7-5-4-6-8-22)27(13-20)29(30,31)32/h9-14,22,25,33H,2-8,15-18H2,1H3,(H,35,36). The smallest absolute Gasteiger partial charge is 0.416 e. The number of rotatable bonds is 10. The van der Waals surface area contributed by atoms with Gasteiger partial charge in [0.05, 0.1) is 23.8 Å². The van der Waals surface area contributed by atoms with Crippen molar-refractivity contribution in [3.05, 3.63) is 76.4 Å². The number of hydrogen-bond acceptors (Lipinski definition) is 4. The molecule has 2 N–H and O–H groups in total. The van der Waals surface area contributed by atoms with Crippen molar-refractivity contribution in [1.82, 2.24) is 10.4 Å². The Bertz CT molecular complexity index is 1120. The summed E-state index contributed by atoms with van der Waals surface area (Å²) in [6, 6.07) is 10.5. The van der Waals surface area contributed by atoms with Gasteiger partial charge in [0.1, 0.15) is 0 Å². The summed E-state index contributed by atoms with van der Waals surface area (Å²) in [7, 11) is 0. The average molecular weight is 517 g/mol.